The van der Waals surface area contributed by atoms with Crippen molar-refractivity contribution in [1.82, 2.24) is 5.32 Å². The third kappa shape index (κ3) is 3.38. The molecule has 0 radical (unpaired) electrons. The zero-order chi connectivity index (χ0) is 14.7. The van der Waals surface area contributed by atoms with Gasteiger partial charge in [0.1, 0.15) is 0 Å². The number of carbonyl (C=O) groups excluding carboxylic acids is 1. The minimum absolute atomic E-state index is 0.0218. The molecule has 2 atom stereocenters. The van der Waals surface area contributed by atoms with E-state index in [0.717, 1.165) is 23.5 Å². The third-order valence-electron chi connectivity index (χ3n) is 4.26. The van der Waals surface area contributed by atoms with E-state index in [1.165, 1.54) is 19.3 Å². The van der Waals surface area contributed by atoms with Gasteiger partial charge in [0, 0.05) is 12.1 Å². The molecule has 1 aliphatic heterocycles. The van der Waals surface area contributed by atoms with Crippen LogP contribution in [0.4, 0.5) is 0 Å². The Hall–Kier alpha value is -1.97. The van der Waals surface area contributed by atoms with Crippen LogP contribution in [0.15, 0.2) is 24.3 Å². The minimum Gasteiger partial charge on any atom is -0.454 e. The van der Waals surface area contributed by atoms with Crippen molar-refractivity contribution in [2.45, 2.75) is 38.6 Å². The van der Waals surface area contributed by atoms with Gasteiger partial charge in [-0.3, -0.25) is 4.79 Å². The number of amides is 1. The van der Waals surface area contributed by atoms with E-state index in [9.17, 15) is 4.79 Å². The largest absolute Gasteiger partial charge is 0.454 e. The molecule has 0 aromatic heterocycles. The van der Waals surface area contributed by atoms with E-state index in [1.54, 1.807) is 6.08 Å². The Kier molecular flexibility index (Phi) is 4.13. The summed E-state index contributed by atoms with van der Waals surface area (Å²) in [5, 5.41) is 3.11. The SMILES string of the molecule is C[C@H]1CCCC[C@@H]1NC(=O)/C=C/c1ccc2c(c1)OCO2. The lowest BCUT2D eigenvalue weighted by molar-refractivity contribution is -0.117. The molecule has 21 heavy (non-hydrogen) atoms. The Bertz CT molecular complexity index is 553. The van der Waals surface area contributed by atoms with E-state index in [4.69, 9.17) is 9.47 Å². The first-order valence-electron chi connectivity index (χ1n) is 7.60. The number of hydrogen-bond acceptors (Lipinski definition) is 3. The highest BCUT2D eigenvalue weighted by atomic mass is 16.7. The predicted molar refractivity (Wildman–Crippen MR) is 81.2 cm³/mol. The average molecular weight is 287 g/mol. The molecule has 1 aromatic carbocycles. The second kappa shape index (κ2) is 6.20. The molecule has 1 heterocycles. The molecule has 0 spiro atoms. The van der Waals surface area contributed by atoms with Crippen LogP contribution >= 0.6 is 0 Å². The van der Waals surface area contributed by atoms with Crippen molar-refractivity contribution >= 4 is 12.0 Å². The van der Waals surface area contributed by atoms with Gasteiger partial charge >= 0.3 is 0 Å². The maximum absolute atomic E-state index is 12.0. The van der Waals surface area contributed by atoms with Crippen LogP contribution in [-0.2, 0) is 4.79 Å². The lowest BCUT2D eigenvalue weighted by Crippen LogP contribution is -2.40. The molecule has 1 aromatic rings. The van der Waals surface area contributed by atoms with Crippen LogP contribution < -0.4 is 14.8 Å². The van der Waals surface area contributed by atoms with E-state index in [-0.39, 0.29) is 12.7 Å². The van der Waals surface area contributed by atoms with Gasteiger partial charge in [-0.25, -0.2) is 0 Å². The van der Waals surface area contributed by atoms with Crippen molar-refractivity contribution in [2.24, 2.45) is 5.92 Å². The fraction of sp³-hybridized carbons (Fsp3) is 0.471. The highest BCUT2D eigenvalue weighted by Gasteiger charge is 2.21. The second-order valence-electron chi connectivity index (χ2n) is 5.82. The zero-order valence-corrected chi connectivity index (χ0v) is 12.3. The van der Waals surface area contributed by atoms with Gasteiger partial charge in [-0.05, 0) is 42.5 Å². The van der Waals surface area contributed by atoms with Crippen LogP contribution in [0.2, 0.25) is 0 Å². The molecular weight excluding hydrogens is 266 g/mol. The summed E-state index contributed by atoms with van der Waals surface area (Å²) in [6.45, 7) is 2.48. The third-order valence-corrected chi connectivity index (χ3v) is 4.26. The smallest absolute Gasteiger partial charge is 0.244 e. The maximum atomic E-state index is 12.0. The highest BCUT2D eigenvalue weighted by Crippen LogP contribution is 2.32. The van der Waals surface area contributed by atoms with E-state index >= 15 is 0 Å². The van der Waals surface area contributed by atoms with Gasteiger partial charge in [0.2, 0.25) is 12.7 Å². The minimum atomic E-state index is -0.0218. The number of rotatable bonds is 3. The average Bonchev–Trinajstić information content (AvgIpc) is 2.95. The highest BCUT2D eigenvalue weighted by molar-refractivity contribution is 5.92. The van der Waals surface area contributed by atoms with Crippen molar-refractivity contribution < 1.29 is 14.3 Å². The number of hydrogen-bond donors (Lipinski definition) is 1. The van der Waals surface area contributed by atoms with Crippen molar-refractivity contribution in [3.63, 3.8) is 0 Å². The van der Waals surface area contributed by atoms with E-state index in [1.807, 2.05) is 24.3 Å². The van der Waals surface area contributed by atoms with Gasteiger partial charge in [-0.1, -0.05) is 25.8 Å². The lowest BCUT2D eigenvalue weighted by atomic mass is 9.86. The van der Waals surface area contributed by atoms with E-state index in [0.29, 0.717) is 12.0 Å². The summed E-state index contributed by atoms with van der Waals surface area (Å²) in [7, 11) is 0. The molecule has 0 bridgehead atoms. The molecule has 1 aliphatic carbocycles. The van der Waals surface area contributed by atoms with Gasteiger partial charge in [-0.2, -0.15) is 0 Å². The molecule has 0 saturated heterocycles. The van der Waals surface area contributed by atoms with Crippen molar-refractivity contribution in [2.75, 3.05) is 6.79 Å². The molecule has 0 unspecified atom stereocenters. The quantitative estimate of drug-likeness (QED) is 0.869. The van der Waals surface area contributed by atoms with Gasteiger partial charge < -0.3 is 14.8 Å². The number of ether oxygens (including phenoxy) is 2. The monoisotopic (exact) mass is 287 g/mol. The summed E-state index contributed by atoms with van der Waals surface area (Å²) in [6.07, 6.45) is 8.19. The lowest BCUT2D eigenvalue weighted by Gasteiger charge is -2.29. The Morgan fingerprint density at radius 2 is 2.05 bits per heavy atom. The number of carbonyl (C=O) groups is 1. The van der Waals surface area contributed by atoms with Crippen LogP contribution in [0.1, 0.15) is 38.2 Å². The fourth-order valence-electron chi connectivity index (χ4n) is 2.95. The number of fused-ring (bicyclic) bond motifs is 1. The summed E-state index contributed by atoms with van der Waals surface area (Å²) in [4.78, 5) is 12.0. The molecule has 1 saturated carbocycles. The normalized spacial score (nSPS) is 24.2. The topological polar surface area (TPSA) is 47.6 Å². The van der Waals surface area contributed by atoms with Gasteiger partial charge in [0.05, 0.1) is 0 Å². The first kappa shape index (κ1) is 14.0. The van der Waals surface area contributed by atoms with Gasteiger partial charge in [-0.15, -0.1) is 0 Å². The van der Waals surface area contributed by atoms with Crippen LogP contribution in [0.3, 0.4) is 0 Å². The molecule has 4 heteroatoms. The van der Waals surface area contributed by atoms with Gasteiger partial charge in [0.25, 0.3) is 0 Å². The van der Waals surface area contributed by atoms with Crippen LogP contribution in [-0.4, -0.2) is 18.7 Å². The van der Waals surface area contributed by atoms with Crippen LogP contribution in [0.25, 0.3) is 6.08 Å². The number of nitrogens with one attached hydrogen (secondary N) is 1. The maximum Gasteiger partial charge on any atom is 0.244 e. The molecule has 4 nitrogen and oxygen atoms in total. The fourth-order valence-corrected chi connectivity index (χ4v) is 2.95. The molecule has 1 amide bonds. The second-order valence-corrected chi connectivity index (χ2v) is 5.82. The summed E-state index contributed by atoms with van der Waals surface area (Å²) in [5.74, 6) is 2.04. The van der Waals surface area contributed by atoms with E-state index < -0.39 is 0 Å². The van der Waals surface area contributed by atoms with Crippen molar-refractivity contribution in [3.8, 4) is 11.5 Å². The molecule has 112 valence electrons. The molecule has 3 rings (SSSR count). The first-order chi connectivity index (χ1) is 10.2. The molecule has 1 N–H and O–H groups in total. The van der Waals surface area contributed by atoms with Crippen molar-refractivity contribution in [1.29, 1.82) is 0 Å². The van der Waals surface area contributed by atoms with Gasteiger partial charge in [0.15, 0.2) is 11.5 Å². The number of benzene rings is 1. The Morgan fingerprint density at radius 1 is 1.24 bits per heavy atom. The first-order valence-corrected chi connectivity index (χ1v) is 7.60. The Morgan fingerprint density at radius 3 is 2.90 bits per heavy atom. The summed E-state index contributed by atoms with van der Waals surface area (Å²) < 4.78 is 10.6. The summed E-state index contributed by atoms with van der Waals surface area (Å²) in [5.41, 5.74) is 0.936. The van der Waals surface area contributed by atoms with Crippen molar-refractivity contribution in [3.05, 3.63) is 29.8 Å². The summed E-state index contributed by atoms with van der Waals surface area (Å²) in [6, 6.07) is 5.98. The molecule has 2 aliphatic rings. The predicted octanol–water partition coefficient (Wildman–Crippen LogP) is 3.12. The van der Waals surface area contributed by atoms with E-state index in [2.05, 4.69) is 12.2 Å². The van der Waals surface area contributed by atoms with Crippen LogP contribution in [0.5, 0.6) is 11.5 Å². The molecule has 1 fully saturated rings. The Balaban J connectivity index is 1.59. The van der Waals surface area contributed by atoms with Crippen LogP contribution in [0, 0.1) is 5.92 Å². The standard InChI is InChI=1S/C17H21NO3/c1-12-4-2-3-5-14(12)18-17(19)9-7-13-6-8-15-16(10-13)21-11-20-15/h6-10,12,14H,2-5,11H2,1H3,(H,18,19)/b9-7+/t12-,14-/m0/s1. The zero-order valence-electron chi connectivity index (χ0n) is 12.3. The summed E-state index contributed by atoms with van der Waals surface area (Å²) >= 11 is 0. The Labute approximate surface area is 125 Å². The molecular formula is C17H21NO3.